The first-order chi connectivity index (χ1) is 7.20. The maximum absolute atomic E-state index is 10.7. The zero-order chi connectivity index (χ0) is 11.5. The number of methoxy groups -OCH3 is 1. The van der Waals surface area contributed by atoms with Crippen LogP contribution in [0.3, 0.4) is 0 Å². The topological polar surface area (TPSA) is 35.5 Å². The number of hydrogen-bond donors (Lipinski definition) is 0. The summed E-state index contributed by atoms with van der Waals surface area (Å²) in [5, 5.41) is 0. The van der Waals surface area contributed by atoms with Gasteiger partial charge in [-0.2, -0.15) is 0 Å². The lowest BCUT2D eigenvalue weighted by molar-refractivity contribution is 0.0606. The molecule has 3 heteroatoms. The third-order valence-corrected chi connectivity index (χ3v) is 2.45. The first-order valence-electron chi connectivity index (χ1n) is 5.91. The summed E-state index contributed by atoms with van der Waals surface area (Å²) in [6, 6.07) is 0. The van der Waals surface area contributed by atoms with Crippen molar-refractivity contribution in [2.75, 3.05) is 13.7 Å². The van der Waals surface area contributed by atoms with Crippen LogP contribution in [0.5, 0.6) is 0 Å². The summed E-state index contributed by atoms with van der Waals surface area (Å²) in [6.45, 7) is 4.79. The average molecular weight is 216 g/mol. The second kappa shape index (κ2) is 9.81. The van der Waals surface area contributed by atoms with Crippen molar-refractivity contribution in [3.8, 4) is 0 Å². The molecule has 0 bridgehead atoms. The number of unbranched alkanes of at least 4 members (excludes halogenated alkanes) is 4. The first-order valence-corrected chi connectivity index (χ1v) is 5.91. The van der Waals surface area contributed by atoms with E-state index in [0.717, 1.165) is 6.42 Å². The third-order valence-electron chi connectivity index (χ3n) is 2.45. The first kappa shape index (κ1) is 14.3. The Hall–Kier alpha value is -0.730. The molecule has 15 heavy (non-hydrogen) atoms. The highest BCUT2D eigenvalue weighted by Crippen LogP contribution is 2.11. The fraction of sp³-hybridized carbons (Fsp3) is 0.917. The molecular weight excluding hydrogens is 192 g/mol. The number of carbonyl (C=O) groups is 1. The molecule has 0 aliphatic carbocycles. The molecule has 0 spiro atoms. The maximum atomic E-state index is 10.7. The van der Waals surface area contributed by atoms with Crippen LogP contribution in [-0.4, -0.2) is 19.9 Å². The van der Waals surface area contributed by atoms with Crippen molar-refractivity contribution in [2.24, 2.45) is 5.92 Å². The van der Waals surface area contributed by atoms with Crippen molar-refractivity contribution in [2.45, 2.75) is 52.4 Å². The van der Waals surface area contributed by atoms with Gasteiger partial charge < -0.3 is 9.47 Å². The molecule has 0 aromatic rings. The number of hydrogen-bond acceptors (Lipinski definition) is 3. The Morgan fingerprint density at radius 2 is 1.87 bits per heavy atom. The predicted octanol–water partition coefficient (Wildman–Crippen LogP) is 3.77. The molecule has 0 N–H and O–H groups in total. The van der Waals surface area contributed by atoms with Gasteiger partial charge in [0.25, 0.3) is 0 Å². The minimum Gasteiger partial charge on any atom is -0.438 e. The monoisotopic (exact) mass is 216 g/mol. The van der Waals surface area contributed by atoms with Crippen LogP contribution >= 0.6 is 0 Å². The minimum absolute atomic E-state index is 0.436. The fourth-order valence-corrected chi connectivity index (χ4v) is 1.45. The van der Waals surface area contributed by atoms with E-state index in [4.69, 9.17) is 4.74 Å². The van der Waals surface area contributed by atoms with Crippen LogP contribution in [0.25, 0.3) is 0 Å². The van der Waals surface area contributed by atoms with E-state index >= 15 is 0 Å². The number of carbonyl (C=O) groups excluding carboxylic acids is 1. The van der Waals surface area contributed by atoms with Gasteiger partial charge in [0.05, 0.1) is 13.7 Å². The van der Waals surface area contributed by atoms with Crippen LogP contribution in [0.1, 0.15) is 52.4 Å². The largest absolute Gasteiger partial charge is 0.507 e. The maximum Gasteiger partial charge on any atom is 0.507 e. The molecular formula is C12H24O3. The highest BCUT2D eigenvalue weighted by molar-refractivity contribution is 5.59. The Balaban J connectivity index is 3.25. The van der Waals surface area contributed by atoms with Crippen LogP contribution in [-0.2, 0) is 9.47 Å². The molecule has 1 unspecified atom stereocenters. The molecule has 0 aromatic heterocycles. The lowest BCUT2D eigenvalue weighted by atomic mass is 10.0. The Morgan fingerprint density at radius 3 is 2.47 bits per heavy atom. The lowest BCUT2D eigenvalue weighted by Gasteiger charge is -2.10. The van der Waals surface area contributed by atoms with Crippen LogP contribution < -0.4 is 0 Å². The zero-order valence-electron chi connectivity index (χ0n) is 10.3. The predicted molar refractivity (Wildman–Crippen MR) is 60.9 cm³/mol. The molecule has 0 aliphatic heterocycles. The Morgan fingerprint density at radius 1 is 1.20 bits per heavy atom. The second-order valence-corrected chi connectivity index (χ2v) is 4.07. The van der Waals surface area contributed by atoms with Crippen LogP contribution in [0.4, 0.5) is 4.79 Å². The molecule has 3 nitrogen and oxygen atoms in total. The summed E-state index contributed by atoms with van der Waals surface area (Å²) >= 11 is 0. The highest BCUT2D eigenvalue weighted by atomic mass is 16.7. The molecule has 0 saturated carbocycles. The summed E-state index contributed by atoms with van der Waals surface area (Å²) < 4.78 is 9.27. The van der Waals surface area contributed by atoms with Gasteiger partial charge in [-0.05, 0) is 12.3 Å². The van der Waals surface area contributed by atoms with E-state index in [9.17, 15) is 4.79 Å². The Bertz CT molecular complexity index is 157. The molecule has 0 rings (SSSR count). The quantitative estimate of drug-likeness (QED) is 0.457. The Kier molecular flexibility index (Phi) is 9.33. The van der Waals surface area contributed by atoms with Crippen molar-refractivity contribution >= 4 is 6.16 Å². The van der Waals surface area contributed by atoms with Gasteiger partial charge in [-0.1, -0.05) is 46.0 Å². The summed E-state index contributed by atoms with van der Waals surface area (Å²) in [7, 11) is 1.33. The van der Waals surface area contributed by atoms with Gasteiger partial charge in [0.1, 0.15) is 0 Å². The van der Waals surface area contributed by atoms with Crippen molar-refractivity contribution in [3.63, 3.8) is 0 Å². The standard InChI is InChI=1S/C12H24O3/c1-4-5-6-7-8-9-11(2)10-15-12(13)14-3/h11H,4-10H2,1-3H3. The Labute approximate surface area is 93.1 Å². The van der Waals surface area contributed by atoms with Crippen molar-refractivity contribution < 1.29 is 14.3 Å². The molecule has 0 amide bonds. The van der Waals surface area contributed by atoms with Gasteiger partial charge in [-0.25, -0.2) is 4.79 Å². The van der Waals surface area contributed by atoms with E-state index in [0.29, 0.717) is 12.5 Å². The van der Waals surface area contributed by atoms with Gasteiger partial charge in [0, 0.05) is 0 Å². The van der Waals surface area contributed by atoms with E-state index in [1.54, 1.807) is 0 Å². The van der Waals surface area contributed by atoms with Crippen molar-refractivity contribution in [1.29, 1.82) is 0 Å². The highest BCUT2D eigenvalue weighted by Gasteiger charge is 2.06. The van der Waals surface area contributed by atoms with Gasteiger partial charge in [-0.15, -0.1) is 0 Å². The fourth-order valence-electron chi connectivity index (χ4n) is 1.45. The molecule has 0 fully saturated rings. The molecule has 0 aliphatic rings. The number of rotatable bonds is 8. The molecule has 0 saturated heterocycles. The van der Waals surface area contributed by atoms with Gasteiger partial charge in [0.15, 0.2) is 0 Å². The normalized spacial score (nSPS) is 12.2. The van der Waals surface area contributed by atoms with E-state index in [2.05, 4.69) is 18.6 Å². The molecule has 0 heterocycles. The zero-order valence-corrected chi connectivity index (χ0v) is 10.3. The summed E-state index contributed by atoms with van der Waals surface area (Å²) in [4.78, 5) is 10.7. The SMILES string of the molecule is CCCCCCCC(C)COC(=O)OC. The van der Waals surface area contributed by atoms with Crippen LogP contribution in [0.2, 0.25) is 0 Å². The minimum atomic E-state index is -0.576. The molecule has 0 aromatic carbocycles. The van der Waals surface area contributed by atoms with Gasteiger partial charge in [-0.3, -0.25) is 0 Å². The van der Waals surface area contributed by atoms with Crippen LogP contribution in [0.15, 0.2) is 0 Å². The average Bonchev–Trinajstić information content (AvgIpc) is 2.25. The molecule has 90 valence electrons. The van der Waals surface area contributed by atoms with Crippen molar-refractivity contribution in [1.82, 2.24) is 0 Å². The van der Waals surface area contributed by atoms with E-state index < -0.39 is 6.16 Å². The summed E-state index contributed by atoms with van der Waals surface area (Å²) in [6.07, 6.45) is 6.99. The van der Waals surface area contributed by atoms with Gasteiger partial charge in [0.2, 0.25) is 0 Å². The summed E-state index contributed by atoms with van der Waals surface area (Å²) in [5.41, 5.74) is 0. The van der Waals surface area contributed by atoms with Crippen molar-refractivity contribution in [3.05, 3.63) is 0 Å². The van der Waals surface area contributed by atoms with Crippen LogP contribution in [0, 0.1) is 5.92 Å². The molecule has 0 radical (unpaired) electrons. The number of ether oxygens (including phenoxy) is 2. The van der Waals surface area contributed by atoms with E-state index in [1.165, 1.54) is 39.2 Å². The smallest absolute Gasteiger partial charge is 0.438 e. The van der Waals surface area contributed by atoms with E-state index in [1.807, 2.05) is 0 Å². The molecule has 1 atom stereocenters. The lowest BCUT2D eigenvalue weighted by Crippen LogP contribution is -2.11. The van der Waals surface area contributed by atoms with E-state index in [-0.39, 0.29) is 0 Å². The second-order valence-electron chi connectivity index (χ2n) is 4.07. The summed E-state index contributed by atoms with van der Waals surface area (Å²) in [5.74, 6) is 0.436. The van der Waals surface area contributed by atoms with Gasteiger partial charge >= 0.3 is 6.16 Å². The third kappa shape index (κ3) is 9.57.